The van der Waals surface area contributed by atoms with Gasteiger partial charge >= 0.3 is 12.2 Å². The van der Waals surface area contributed by atoms with E-state index in [2.05, 4.69) is 5.32 Å². The molecule has 0 unspecified atom stereocenters. The van der Waals surface area contributed by atoms with Gasteiger partial charge in [0.05, 0.1) is 50.7 Å². The number of carbonyl (C=O) groups excluding carboxylic acids is 1. The number of urea groups is 1. The topological polar surface area (TPSA) is 114 Å². The zero-order valence-electron chi connectivity index (χ0n) is 18.3. The van der Waals surface area contributed by atoms with Gasteiger partial charge in [0.25, 0.3) is 0 Å². The molecule has 7 nitrogen and oxygen atoms in total. The molecule has 34 heavy (non-hydrogen) atoms. The van der Waals surface area contributed by atoms with Crippen LogP contribution in [0.4, 0.5) is 23.7 Å². The van der Waals surface area contributed by atoms with Gasteiger partial charge in [-0.2, -0.15) is 23.7 Å². The SMILES string of the molecule is CC1=C(C#N)[C@@H](c2ccc(C#N)cc2S(=O)(=O)C(C)C)NC(=O)N1c1cccc(C(F)(F)F)c1. The van der Waals surface area contributed by atoms with Gasteiger partial charge in [-0.1, -0.05) is 12.1 Å². The maximum atomic E-state index is 13.2. The molecule has 1 N–H and O–H groups in total. The van der Waals surface area contributed by atoms with Crippen molar-refractivity contribution in [3.05, 3.63) is 70.4 Å². The van der Waals surface area contributed by atoms with Crippen LogP contribution in [0.15, 0.2) is 58.6 Å². The summed E-state index contributed by atoms with van der Waals surface area (Å²) in [7, 11) is -3.92. The summed E-state index contributed by atoms with van der Waals surface area (Å²) >= 11 is 0. The third-order valence-electron chi connectivity index (χ3n) is 5.42. The lowest BCUT2D eigenvalue weighted by Crippen LogP contribution is -2.47. The lowest BCUT2D eigenvalue weighted by Gasteiger charge is -2.35. The summed E-state index contributed by atoms with van der Waals surface area (Å²) in [5.41, 5.74) is -0.917. The van der Waals surface area contributed by atoms with Crippen molar-refractivity contribution >= 4 is 21.6 Å². The molecular weight excluding hydrogens is 469 g/mol. The highest BCUT2D eigenvalue weighted by Crippen LogP contribution is 2.38. The Kier molecular flexibility index (Phi) is 6.45. The number of anilines is 1. The van der Waals surface area contributed by atoms with Gasteiger partial charge in [0, 0.05) is 5.70 Å². The number of nitrogens with zero attached hydrogens (tertiary/aromatic N) is 3. The van der Waals surface area contributed by atoms with Gasteiger partial charge in [0.2, 0.25) is 0 Å². The zero-order valence-corrected chi connectivity index (χ0v) is 19.1. The number of benzene rings is 2. The molecule has 2 aromatic rings. The average Bonchev–Trinajstić information content (AvgIpc) is 2.78. The van der Waals surface area contributed by atoms with E-state index < -0.39 is 38.9 Å². The number of alkyl halides is 3. The summed E-state index contributed by atoms with van der Waals surface area (Å²) in [5, 5.41) is 20.8. The van der Waals surface area contributed by atoms with Crippen LogP contribution in [-0.4, -0.2) is 19.7 Å². The number of nitriles is 2. The van der Waals surface area contributed by atoms with Gasteiger partial charge in [0.15, 0.2) is 9.84 Å². The maximum absolute atomic E-state index is 13.2. The molecule has 0 aliphatic carbocycles. The van der Waals surface area contributed by atoms with E-state index in [1.807, 2.05) is 12.1 Å². The Morgan fingerprint density at radius 3 is 2.32 bits per heavy atom. The molecule has 176 valence electrons. The van der Waals surface area contributed by atoms with E-state index >= 15 is 0 Å². The monoisotopic (exact) mass is 488 g/mol. The van der Waals surface area contributed by atoms with Crippen molar-refractivity contribution in [3.63, 3.8) is 0 Å². The van der Waals surface area contributed by atoms with Crippen molar-refractivity contribution in [1.82, 2.24) is 5.32 Å². The Morgan fingerprint density at radius 1 is 1.09 bits per heavy atom. The highest BCUT2D eigenvalue weighted by atomic mass is 32.2. The maximum Gasteiger partial charge on any atom is 0.416 e. The summed E-state index contributed by atoms with van der Waals surface area (Å²) < 4.78 is 65.5. The van der Waals surface area contributed by atoms with Gasteiger partial charge in [-0.05, 0) is 56.7 Å². The molecule has 0 saturated heterocycles. The van der Waals surface area contributed by atoms with Gasteiger partial charge in [-0.15, -0.1) is 0 Å². The van der Waals surface area contributed by atoms with Crippen molar-refractivity contribution in [1.29, 1.82) is 10.5 Å². The van der Waals surface area contributed by atoms with Crippen LogP contribution in [0.5, 0.6) is 0 Å². The smallest absolute Gasteiger partial charge is 0.326 e. The normalized spacial score (nSPS) is 16.8. The van der Waals surface area contributed by atoms with Gasteiger partial charge in [0.1, 0.15) is 0 Å². The predicted molar refractivity (Wildman–Crippen MR) is 117 cm³/mol. The first-order valence-electron chi connectivity index (χ1n) is 9.99. The second kappa shape index (κ2) is 8.84. The van der Waals surface area contributed by atoms with Crippen molar-refractivity contribution in [2.75, 3.05) is 4.90 Å². The fourth-order valence-electron chi connectivity index (χ4n) is 3.60. The number of nitrogens with one attached hydrogen (secondary N) is 1. The summed E-state index contributed by atoms with van der Waals surface area (Å²) in [4.78, 5) is 13.7. The molecule has 1 aliphatic heterocycles. The third kappa shape index (κ3) is 4.35. The minimum Gasteiger partial charge on any atom is -0.326 e. The van der Waals surface area contributed by atoms with Gasteiger partial charge < -0.3 is 5.32 Å². The van der Waals surface area contributed by atoms with E-state index in [4.69, 9.17) is 0 Å². The molecule has 0 radical (unpaired) electrons. The Morgan fingerprint density at radius 2 is 1.76 bits per heavy atom. The molecule has 0 spiro atoms. The van der Waals surface area contributed by atoms with Crippen molar-refractivity contribution < 1.29 is 26.4 Å². The summed E-state index contributed by atoms with van der Waals surface area (Å²) in [6.45, 7) is 4.31. The van der Waals surface area contributed by atoms with Crippen LogP contribution in [0, 0.1) is 22.7 Å². The minimum absolute atomic E-state index is 0.0489. The van der Waals surface area contributed by atoms with Crippen LogP contribution in [0.25, 0.3) is 0 Å². The molecule has 0 bridgehead atoms. The Balaban J connectivity index is 2.21. The lowest BCUT2D eigenvalue weighted by molar-refractivity contribution is -0.137. The largest absolute Gasteiger partial charge is 0.416 e. The molecule has 0 aromatic heterocycles. The third-order valence-corrected chi connectivity index (χ3v) is 7.63. The Hall–Kier alpha value is -3.83. The zero-order chi connectivity index (χ0) is 25.4. The lowest BCUT2D eigenvalue weighted by atomic mass is 9.94. The van der Waals surface area contributed by atoms with E-state index in [9.17, 15) is 36.9 Å². The molecule has 0 saturated carbocycles. The minimum atomic E-state index is -4.64. The predicted octanol–water partition coefficient (Wildman–Crippen LogP) is 4.83. The van der Waals surface area contributed by atoms with Crippen molar-refractivity contribution in [3.8, 4) is 12.1 Å². The molecular formula is C23H19F3N4O3S. The van der Waals surface area contributed by atoms with Crippen molar-refractivity contribution in [2.24, 2.45) is 0 Å². The van der Waals surface area contributed by atoms with E-state index in [0.717, 1.165) is 23.1 Å². The van der Waals surface area contributed by atoms with Gasteiger partial charge in [-0.3, -0.25) is 4.90 Å². The van der Waals surface area contributed by atoms with E-state index in [1.165, 1.54) is 45.0 Å². The first kappa shape index (κ1) is 24.8. The number of amides is 2. The number of halogens is 3. The number of allylic oxidation sites excluding steroid dienone is 1. The van der Waals surface area contributed by atoms with E-state index in [1.54, 1.807) is 0 Å². The van der Waals surface area contributed by atoms with Crippen LogP contribution >= 0.6 is 0 Å². The molecule has 1 aliphatic rings. The average molecular weight is 488 g/mol. The molecule has 1 heterocycles. The number of sulfone groups is 1. The standard InChI is InChI=1S/C23H19F3N4O3S/c1-13(2)34(32,33)20-9-15(11-27)7-8-18(20)21-19(12-28)14(3)30(22(31)29-21)17-6-4-5-16(10-17)23(24,25)26/h4-10,13,21H,1-3H3,(H,29,31)/t21-/m1/s1. The summed E-state index contributed by atoms with van der Waals surface area (Å²) in [6.07, 6.45) is -4.64. The molecule has 1 atom stereocenters. The van der Waals surface area contributed by atoms with Gasteiger partial charge in [-0.25, -0.2) is 13.2 Å². The quantitative estimate of drug-likeness (QED) is 0.662. The molecule has 3 rings (SSSR count). The van der Waals surface area contributed by atoms with Crippen LogP contribution in [0.3, 0.4) is 0 Å². The Labute approximate surface area is 194 Å². The van der Waals surface area contributed by atoms with Crippen LogP contribution in [0.2, 0.25) is 0 Å². The molecule has 2 amide bonds. The molecule has 0 fully saturated rings. The number of carbonyl (C=O) groups is 1. The first-order chi connectivity index (χ1) is 15.8. The number of hydrogen-bond acceptors (Lipinski definition) is 5. The fourth-order valence-corrected chi connectivity index (χ4v) is 4.91. The summed E-state index contributed by atoms with van der Waals surface area (Å²) in [6, 6.07) is 9.78. The van der Waals surface area contributed by atoms with E-state index in [0.29, 0.717) is 0 Å². The fraction of sp³-hybridized carbons (Fsp3) is 0.261. The highest BCUT2D eigenvalue weighted by Gasteiger charge is 2.38. The number of rotatable bonds is 4. The van der Waals surface area contributed by atoms with E-state index in [-0.39, 0.29) is 33.0 Å². The molecule has 11 heteroatoms. The Bertz CT molecular complexity index is 1380. The second-order valence-electron chi connectivity index (χ2n) is 7.84. The van der Waals surface area contributed by atoms with Crippen LogP contribution in [-0.2, 0) is 16.0 Å². The van der Waals surface area contributed by atoms with Crippen LogP contribution < -0.4 is 10.2 Å². The number of hydrogen-bond donors (Lipinski definition) is 1. The highest BCUT2D eigenvalue weighted by molar-refractivity contribution is 7.92. The van der Waals surface area contributed by atoms with Crippen LogP contribution in [0.1, 0.15) is 43.5 Å². The first-order valence-corrected chi connectivity index (χ1v) is 11.5. The second-order valence-corrected chi connectivity index (χ2v) is 10.3. The van der Waals surface area contributed by atoms with Crippen molar-refractivity contribution in [2.45, 2.75) is 43.1 Å². The molecule has 2 aromatic carbocycles. The summed E-state index contributed by atoms with van der Waals surface area (Å²) in [5.74, 6) is 0.